The number of halogens is 1. The Hall–Kier alpha value is -1.32. The fourth-order valence-corrected chi connectivity index (χ4v) is 2.63. The number of benzene rings is 2. The van der Waals surface area contributed by atoms with Gasteiger partial charge in [0, 0.05) is 10.6 Å². The maximum Gasteiger partial charge on any atom is 0.123 e. The van der Waals surface area contributed by atoms with Crippen molar-refractivity contribution in [1.29, 1.82) is 0 Å². The molecule has 0 saturated heterocycles. The van der Waals surface area contributed by atoms with Crippen molar-refractivity contribution in [2.45, 2.75) is 17.9 Å². The molecule has 0 bridgehead atoms. The fraction of sp³-hybridized carbons (Fsp3) is 0.200. The molecule has 0 amide bonds. The minimum absolute atomic E-state index is 0.306. The largest absolute Gasteiger partial charge is 0.388 e. The van der Waals surface area contributed by atoms with Gasteiger partial charge < -0.3 is 5.11 Å². The molecule has 0 aromatic heterocycles. The van der Waals surface area contributed by atoms with Crippen molar-refractivity contribution in [3.05, 3.63) is 65.5 Å². The van der Waals surface area contributed by atoms with E-state index in [-0.39, 0.29) is 5.82 Å². The highest BCUT2D eigenvalue weighted by atomic mass is 32.2. The van der Waals surface area contributed by atoms with E-state index >= 15 is 0 Å². The number of hydrogen-bond donors (Lipinski definition) is 1. The number of aryl methyl sites for hydroxylation is 1. The summed E-state index contributed by atoms with van der Waals surface area (Å²) >= 11 is 1.57. The maximum atomic E-state index is 13.2. The summed E-state index contributed by atoms with van der Waals surface area (Å²) in [6.07, 6.45) is -0.647. The van der Waals surface area contributed by atoms with E-state index in [0.29, 0.717) is 11.3 Å². The van der Waals surface area contributed by atoms with Crippen molar-refractivity contribution in [3.63, 3.8) is 0 Å². The highest BCUT2D eigenvalue weighted by molar-refractivity contribution is 7.99. The Morgan fingerprint density at radius 2 is 1.89 bits per heavy atom. The summed E-state index contributed by atoms with van der Waals surface area (Å²) in [5, 5.41) is 10.1. The van der Waals surface area contributed by atoms with Crippen LogP contribution in [0.3, 0.4) is 0 Å². The summed E-state index contributed by atoms with van der Waals surface area (Å²) < 4.78 is 13.2. The zero-order valence-corrected chi connectivity index (χ0v) is 11.0. The second-order valence-corrected chi connectivity index (χ2v) is 5.23. The highest BCUT2D eigenvalue weighted by Crippen LogP contribution is 2.26. The number of rotatable bonds is 4. The Morgan fingerprint density at radius 3 is 2.61 bits per heavy atom. The molecule has 1 atom stereocenters. The topological polar surface area (TPSA) is 20.2 Å². The molecule has 0 spiro atoms. The van der Waals surface area contributed by atoms with Gasteiger partial charge in [-0.05, 0) is 42.3 Å². The van der Waals surface area contributed by atoms with Crippen LogP contribution >= 0.6 is 11.8 Å². The average molecular weight is 262 g/mol. The molecule has 0 aliphatic carbocycles. The normalized spacial score (nSPS) is 12.4. The van der Waals surface area contributed by atoms with E-state index < -0.39 is 6.10 Å². The lowest BCUT2D eigenvalue weighted by atomic mass is 10.0. The van der Waals surface area contributed by atoms with E-state index in [0.717, 1.165) is 10.5 Å². The zero-order valence-electron chi connectivity index (χ0n) is 10.1. The molecule has 0 heterocycles. The van der Waals surface area contributed by atoms with E-state index in [4.69, 9.17) is 0 Å². The van der Waals surface area contributed by atoms with Crippen LogP contribution in [0.5, 0.6) is 0 Å². The number of aliphatic hydroxyl groups excluding tert-OH is 1. The van der Waals surface area contributed by atoms with E-state index in [9.17, 15) is 9.50 Å². The summed E-state index contributed by atoms with van der Waals surface area (Å²) in [5.41, 5.74) is 1.58. The first-order chi connectivity index (χ1) is 8.66. The van der Waals surface area contributed by atoms with E-state index in [1.165, 1.54) is 12.1 Å². The third-order valence-electron chi connectivity index (χ3n) is 2.75. The van der Waals surface area contributed by atoms with Crippen molar-refractivity contribution in [2.24, 2.45) is 0 Å². The van der Waals surface area contributed by atoms with Crippen molar-refractivity contribution < 1.29 is 9.50 Å². The SMILES string of the molecule is Cc1ccc(F)cc1C(O)CSc1ccccc1. The predicted octanol–water partition coefficient (Wildman–Crippen LogP) is 3.96. The predicted molar refractivity (Wildman–Crippen MR) is 73.3 cm³/mol. The molecule has 2 aromatic carbocycles. The molecule has 2 aromatic rings. The summed E-state index contributed by atoms with van der Waals surface area (Å²) in [4.78, 5) is 1.10. The molecule has 94 valence electrons. The summed E-state index contributed by atoms with van der Waals surface area (Å²) in [5.74, 6) is 0.216. The Kier molecular flexibility index (Phi) is 4.39. The molecular formula is C15H15FOS. The van der Waals surface area contributed by atoms with Crippen LogP contribution < -0.4 is 0 Å². The molecule has 3 heteroatoms. The molecule has 1 unspecified atom stereocenters. The van der Waals surface area contributed by atoms with Gasteiger partial charge in [0.1, 0.15) is 5.82 Å². The molecule has 18 heavy (non-hydrogen) atoms. The average Bonchev–Trinajstić information content (AvgIpc) is 2.40. The van der Waals surface area contributed by atoms with E-state index in [1.807, 2.05) is 37.3 Å². The van der Waals surface area contributed by atoms with Gasteiger partial charge >= 0.3 is 0 Å². The molecule has 0 fully saturated rings. The maximum absolute atomic E-state index is 13.2. The van der Waals surface area contributed by atoms with Crippen LogP contribution in [0.15, 0.2) is 53.4 Å². The lowest BCUT2D eigenvalue weighted by Crippen LogP contribution is -2.03. The van der Waals surface area contributed by atoms with Crippen LogP contribution in [0, 0.1) is 12.7 Å². The van der Waals surface area contributed by atoms with Gasteiger partial charge in [-0.25, -0.2) is 4.39 Å². The lowest BCUT2D eigenvalue weighted by Gasteiger charge is -2.13. The van der Waals surface area contributed by atoms with Gasteiger partial charge in [0.05, 0.1) is 6.10 Å². The van der Waals surface area contributed by atoms with Crippen LogP contribution in [0.4, 0.5) is 4.39 Å². The quantitative estimate of drug-likeness (QED) is 0.842. The van der Waals surface area contributed by atoms with Crippen molar-refractivity contribution >= 4 is 11.8 Å². The minimum Gasteiger partial charge on any atom is -0.388 e. The summed E-state index contributed by atoms with van der Waals surface area (Å²) in [6, 6.07) is 14.4. The molecule has 1 nitrogen and oxygen atoms in total. The summed E-state index contributed by atoms with van der Waals surface area (Å²) in [6.45, 7) is 1.88. The van der Waals surface area contributed by atoms with Gasteiger partial charge in [-0.2, -0.15) is 0 Å². The fourth-order valence-electron chi connectivity index (χ4n) is 1.75. The second-order valence-electron chi connectivity index (χ2n) is 4.14. The third kappa shape index (κ3) is 3.34. The van der Waals surface area contributed by atoms with Gasteiger partial charge in [-0.3, -0.25) is 0 Å². The van der Waals surface area contributed by atoms with Crippen molar-refractivity contribution in [3.8, 4) is 0 Å². The Bertz CT molecular complexity index is 513. The number of thioether (sulfide) groups is 1. The van der Waals surface area contributed by atoms with Gasteiger partial charge in [-0.1, -0.05) is 24.3 Å². The Morgan fingerprint density at radius 1 is 1.17 bits per heavy atom. The minimum atomic E-state index is -0.647. The first-order valence-corrected chi connectivity index (χ1v) is 6.77. The van der Waals surface area contributed by atoms with Crippen LogP contribution in [0.25, 0.3) is 0 Å². The molecular weight excluding hydrogens is 247 g/mol. The van der Waals surface area contributed by atoms with Gasteiger partial charge in [0.25, 0.3) is 0 Å². The van der Waals surface area contributed by atoms with Gasteiger partial charge in [-0.15, -0.1) is 11.8 Å². The van der Waals surface area contributed by atoms with E-state index in [1.54, 1.807) is 17.8 Å². The molecule has 0 radical (unpaired) electrons. The van der Waals surface area contributed by atoms with Crippen LogP contribution in [-0.4, -0.2) is 10.9 Å². The first kappa shape index (κ1) is 13.1. The summed E-state index contributed by atoms with van der Waals surface area (Å²) in [7, 11) is 0. The molecule has 0 saturated carbocycles. The van der Waals surface area contributed by atoms with Crippen LogP contribution in [0.1, 0.15) is 17.2 Å². The number of aliphatic hydroxyl groups is 1. The van der Waals surface area contributed by atoms with Crippen molar-refractivity contribution in [1.82, 2.24) is 0 Å². The molecule has 2 rings (SSSR count). The molecule has 0 aliphatic rings. The van der Waals surface area contributed by atoms with Crippen molar-refractivity contribution in [2.75, 3.05) is 5.75 Å². The molecule has 1 N–H and O–H groups in total. The molecule has 0 aliphatic heterocycles. The monoisotopic (exact) mass is 262 g/mol. The van der Waals surface area contributed by atoms with Gasteiger partial charge in [0.2, 0.25) is 0 Å². The lowest BCUT2D eigenvalue weighted by molar-refractivity contribution is 0.203. The Labute approximate surface area is 111 Å². The van der Waals surface area contributed by atoms with E-state index in [2.05, 4.69) is 0 Å². The Balaban J connectivity index is 2.03. The second kappa shape index (κ2) is 6.03. The number of hydrogen-bond acceptors (Lipinski definition) is 2. The van der Waals surface area contributed by atoms with Gasteiger partial charge in [0.15, 0.2) is 0 Å². The zero-order chi connectivity index (χ0) is 13.0. The van der Waals surface area contributed by atoms with Crippen LogP contribution in [0.2, 0.25) is 0 Å². The first-order valence-electron chi connectivity index (χ1n) is 5.79. The third-order valence-corrected chi connectivity index (χ3v) is 3.84. The highest BCUT2D eigenvalue weighted by Gasteiger charge is 2.11. The smallest absolute Gasteiger partial charge is 0.123 e. The van der Waals surface area contributed by atoms with Crippen LogP contribution in [-0.2, 0) is 0 Å². The standard InChI is InChI=1S/C15H15FOS/c1-11-7-8-12(16)9-14(11)15(17)10-18-13-5-3-2-4-6-13/h2-9,15,17H,10H2,1H3.